The molecule has 4 nitrogen and oxygen atoms in total. The summed E-state index contributed by atoms with van der Waals surface area (Å²) in [5, 5.41) is 0. The highest BCUT2D eigenvalue weighted by Gasteiger charge is 2.17. The second-order valence-corrected chi connectivity index (χ2v) is 6.92. The van der Waals surface area contributed by atoms with E-state index in [0.29, 0.717) is 6.54 Å². The Balaban J connectivity index is 2.18. The van der Waals surface area contributed by atoms with E-state index >= 15 is 0 Å². The van der Waals surface area contributed by atoms with Gasteiger partial charge in [0.05, 0.1) is 6.54 Å². The highest BCUT2D eigenvalue weighted by Crippen LogP contribution is 2.21. The lowest BCUT2D eigenvalue weighted by Gasteiger charge is -2.18. The van der Waals surface area contributed by atoms with Crippen molar-refractivity contribution in [3.63, 3.8) is 0 Å². The Morgan fingerprint density at radius 3 is 2.21 bits per heavy atom. The number of hydrogen-bond acceptors (Lipinski definition) is 3. The number of ketones is 1. The van der Waals surface area contributed by atoms with Crippen LogP contribution in [0.1, 0.15) is 27.3 Å². The maximum absolute atomic E-state index is 12.7. The van der Waals surface area contributed by atoms with Crippen LogP contribution in [0, 0.1) is 20.8 Å². The van der Waals surface area contributed by atoms with Crippen LogP contribution in [0.5, 0.6) is 0 Å². The van der Waals surface area contributed by atoms with Gasteiger partial charge in [-0.3, -0.25) is 9.69 Å². The molecule has 0 N–H and O–H groups in total. The van der Waals surface area contributed by atoms with Crippen LogP contribution in [0.3, 0.4) is 0 Å². The Bertz CT molecular complexity index is 698. The van der Waals surface area contributed by atoms with Crippen molar-refractivity contribution in [3.05, 3.63) is 52.8 Å². The zero-order chi connectivity index (χ0) is 17.9. The molecule has 0 unspecified atom stereocenters. The van der Waals surface area contributed by atoms with Gasteiger partial charge in [-0.25, -0.2) is 0 Å². The molecule has 130 valence electrons. The third-order valence-corrected chi connectivity index (χ3v) is 4.37. The molecule has 0 saturated heterocycles. The molecule has 0 atom stereocenters. The fourth-order valence-electron chi connectivity index (χ4n) is 2.92. The summed E-state index contributed by atoms with van der Waals surface area (Å²) in [5.41, 5.74) is 5.28. The molecule has 0 bridgehead atoms. The van der Waals surface area contributed by atoms with Gasteiger partial charge >= 0.3 is 0 Å². The summed E-state index contributed by atoms with van der Waals surface area (Å²) in [4.78, 5) is 16.9. The molecule has 0 spiro atoms. The summed E-state index contributed by atoms with van der Waals surface area (Å²) in [6, 6.07) is 10.4. The van der Waals surface area contributed by atoms with Gasteiger partial charge < -0.3 is 9.47 Å². The molecule has 0 radical (unpaired) electrons. The van der Waals surface area contributed by atoms with Crippen LogP contribution in [0.25, 0.3) is 5.69 Å². The SMILES string of the molecule is Cc1ccc(-n2c(C)cc(C(=O)CN(C)CCN(C)C)c2C)cc1. The lowest BCUT2D eigenvalue weighted by molar-refractivity contribution is 0.0942. The number of aryl methyl sites for hydroxylation is 2. The van der Waals surface area contributed by atoms with Crippen molar-refractivity contribution < 1.29 is 4.79 Å². The van der Waals surface area contributed by atoms with E-state index in [-0.39, 0.29) is 5.78 Å². The monoisotopic (exact) mass is 327 g/mol. The minimum absolute atomic E-state index is 0.183. The molecule has 1 aromatic carbocycles. The Kier molecular flexibility index (Phi) is 5.97. The number of carbonyl (C=O) groups is 1. The Morgan fingerprint density at radius 2 is 1.62 bits per heavy atom. The van der Waals surface area contributed by atoms with Crippen LogP contribution in [-0.2, 0) is 0 Å². The molecule has 0 aliphatic carbocycles. The van der Waals surface area contributed by atoms with E-state index in [1.165, 1.54) is 5.56 Å². The van der Waals surface area contributed by atoms with E-state index in [0.717, 1.165) is 35.7 Å². The molecule has 4 heteroatoms. The maximum Gasteiger partial charge on any atom is 0.178 e. The fourth-order valence-corrected chi connectivity index (χ4v) is 2.92. The molecule has 0 amide bonds. The Morgan fingerprint density at radius 1 is 1.00 bits per heavy atom. The molecule has 2 rings (SSSR count). The van der Waals surface area contributed by atoms with Crippen LogP contribution in [0.4, 0.5) is 0 Å². The first kappa shape index (κ1) is 18.4. The zero-order valence-electron chi connectivity index (χ0n) is 15.8. The average Bonchev–Trinajstić information content (AvgIpc) is 2.81. The molecule has 0 aliphatic rings. The molecule has 0 saturated carbocycles. The molecular formula is C20H29N3O. The number of Topliss-reactive ketones (excluding diaryl/α,β-unsaturated/α-hetero) is 1. The Hall–Kier alpha value is -1.91. The van der Waals surface area contributed by atoms with Crippen molar-refractivity contribution in [1.82, 2.24) is 14.4 Å². The minimum Gasteiger partial charge on any atom is -0.318 e. The normalized spacial score (nSPS) is 11.5. The lowest BCUT2D eigenvalue weighted by atomic mass is 10.1. The van der Waals surface area contributed by atoms with E-state index in [4.69, 9.17) is 0 Å². The van der Waals surface area contributed by atoms with E-state index < -0.39 is 0 Å². The van der Waals surface area contributed by atoms with Crippen molar-refractivity contribution in [2.24, 2.45) is 0 Å². The van der Waals surface area contributed by atoms with Crippen LogP contribution in [0.15, 0.2) is 30.3 Å². The number of likely N-dealkylation sites (N-methyl/N-ethyl adjacent to an activating group) is 2. The van der Waals surface area contributed by atoms with Crippen molar-refractivity contribution >= 4 is 5.78 Å². The number of benzene rings is 1. The summed E-state index contributed by atoms with van der Waals surface area (Å²) in [6.07, 6.45) is 0. The van der Waals surface area contributed by atoms with E-state index in [9.17, 15) is 4.79 Å². The molecule has 1 heterocycles. The van der Waals surface area contributed by atoms with Gasteiger partial charge in [-0.2, -0.15) is 0 Å². The van der Waals surface area contributed by atoms with Gasteiger partial charge in [-0.15, -0.1) is 0 Å². The van der Waals surface area contributed by atoms with Gasteiger partial charge in [0, 0.05) is 35.7 Å². The average molecular weight is 327 g/mol. The third kappa shape index (κ3) is 4.34. The molecule has 24 heavy (non-hydrogen) atoms. The first-order chi connectivity index (χ1) is 11.3. The predicted octanol–water partition coefficient (Wildman–Crippen LogP) is 3.08. The summed E-state index contributed by atoms with van der Waals surface area (Å²) in [6.45, 7) is 8.45. The van der Waals surface area contributed by atoms with Gasteiger partial charge in [0.2, 0.25) is 0 Å². The summed E-state index contributed by atoms with van der Waals surface area (Å²) < 4.78 is 2.16. The van der Waals surface area contributed by atoms with Crippen LogP contribution >= 0.6 is 0 Å². The molecule has 2 aromatic rings. The largest absolute Gasteiger partial charge is 0.318 e. The number of rotatable bonds is 7. The van der Waals surface area contributed by atoms with Gasteiger partial charge in [0.1, 0.15) is 0 Å². The van der Waals surface area contributed by atoms with E-state index in [2.05, 4.69) is 52.5 Å². The van der Waals surface area contributed by atoms with Crippen molar-refractivity contribution in [2.45, 2.75) is 20.8 Å². The lowest BCUT2D eigenvalue weighted by Crippen LogP contribution is -2.32. The highest BCUT2D eigenvalue weighted by molar-refractivity contribution is 5.99. The smallest absolute Gasteiger partial charge is 0.178 e. The van der Waals surface area contributed by atoms with Gasteiger partial charge in [0.25, 0.3) is 0 Å². The second-order valence-electron chi connectivity index (χ2n) is 6.92. The van der Waals surface area contributed by atoms with Crippen LogP contribution in [-0.4, -0.2) is 60.9 Å². The molecule has 0 fully saturated rings. The standard InChI is InChI=1S/C20H29N3O/c1-15-7-9-18(10-8-15)23-16(2)13-19(17(23)3)20(24)14-22(6)12-11-21(4)5/h7-10,13H,11-12,14H2,1-6H3. The van der Waals surface area contributed by atoms with Crippen molar-refractivity contribution in [2.75, 3.05) is 40.8 Å². The van der Waals surface area contributed by atoms with Gasteiger partial charge in [-0.05, 0) is 60.1 Å². The van der Waals surface area contributed by atoms with E-state index in [1.54, 1.807) is 0 Å². The van der Waals surface area contributed by atoms with Crippen molar-refractivity contribution in [3.8, 4) is 5.69 Å². The minimum atomic E-state index is 0.183. The number of aromatic nitrogens is 1. The molecule has 1 aromatic heterocycles. The topological polar surface area (TPSA) is 28.5 Å². The first-order valence-corrected chi connectivity index (χ1v) is 8.42. The maximum atomic E-state index is 12.7. The fraction of sp³-hybridized carbons (Fsp3) is 0.450. The molecule has 0 aliphatic heterocycles. The number of hydrogen-bond donors (Lipinski definition) is 0. The summed E-state index contributed by atoms with van der Waals surface area (Å²) in [7, 11) is 6.09. The van der Waals surface area contributed by atoms with Gasteiger partial charge in [0.15, 0.2) is 5.78 Å². The highest BCUT2D eigenvalue weighted by atomic mass is 16.1. The Labute approximate surface area is 145 Å². The number of nitrogens with zero attached hydrogens (tertiary/aromatic N) is 3. The predicted molar refractivity (Wildman–Crippen MR) is 100 cm³/mol. The first-order valence-electron chi connectivity index (χ1n) is 8.42. The second kappa shape index (κ2) is 7.77. The third-order valence-electron chi connectivity index (χ3n) is 4.37. The zero-order valence-corrected chi connectivity index (χ0v) is 15.8. The van der Waals surface area contributed by atoms with Crippen LogP contribution < -0.4 is 0 Å². The summed E-state index contributed by atoms with van der Waals surface area (Å²) >= 11 is 0. The molecular weight excluding hydrogens is 298 g/mol. The van der Waals surface area contributed by atoms with Gasteiger partial charge in [-0.1, -0.05) is 17.7 Å². The summed E-state index contributed by atoms with van der Waals surface area (Å²) in [5.74, 6) is 0.183. The quantitative estimate of drug-likeness (QED) is 0.732. The number of carbonyl (C=O) groups excluding carboxylic acids is 1. The van der Waals surface area contributed by atoms with Crippen molar-refractivity contribution in [1.29, 1.82) is 0 Å². The van der Waals surface area contributed by atoms with Crippen LogP contribution in [0.2, 0.25) is 0 Å². The van der Waals surface area contributed by atoms with E-state index in [1.807, 2.05) is 34.1 Å².